The zero-order valence-electron chi connectivity index (χ0n) is 18.7. The maximum absolute atomic E-state index is 13.3. The van der Waals surface area contributed by atoms with Crippen LogP contribution in [-0.4, -0.2) is 54.4 Å². The topological polar surface area (TPSA) is 56.8 Å². The first-order valence-corrected chi connectivity index (χ1v) is 12.2. The lowest BCUT2D eigenvalue weighted by Crippen LogP contribution is -2.49. The van der Waals surface area contributed by atoms with Gasteiger partial charge in [0.15, 0.2) is 5.13 Å². The molecule has 0 N–H and O–H groups in total. The predicted octanol–water partition coefficient (Wildman–Crippen LogP) is 3.61. The van der Waals surface area contributed by atoms with Crippen LogP contribution in [0, 0.1) is 11.8 Å². The number of thiazole rings is 1. The monoisotopic (exact) mass is 440 g/mol. The summed E-state index contributed by atoms with van der Waals surface area (Å²) in [6.07, 6.45) is 2.50. The van der Waals surface area contributed by atoms with Gasteiger partial charge in [0.25, 0.3) is 0 Å². The highest BCUT2D eigenvalue weighted by atomic mass is 32.1. The third kappa shape index (κ3) is 4.61. The Morgan fingerprint density at radius 1 is 1.16 bits per heavy atom. The Bertz CT molecular complexity index is 919. The van der Waals surface area contributed by atoms with Gasteiger partial charge in [-0.25, -0.2) is 4.98 Å². The number of fused-ring (bicyclic) bond motifs is 1. The Kier molecular flexibility index (Phi) is 6.60. The number of hydrogen-bond donors (Lipinski definition) is 0. The highest BCUT2D eigenvalue weighted by Crippen LogP contribution is 2.35. The standard InChI is InChI=1S/C24H32N4O2S/c1-4-28(19-8-6-5-7-9-19)23(30)18-10-11-20-21(16-18)31-24(25-20)27-14-12-26(13-15-27)22(29)17(2)3/h5-9,17-18H,4,10-16H2,1-3H3/t18-/m1/s1. The van der Waals surface area contributed by atoms with Crippen LogP contribution in [0.25, 0.3) is 0 Å². The van der Waals surface area contributed by atoms with E-state index in [4.69, 9.17) is 4.98 Å². The highest BCUT2D eigenvalue weighted by Gasteiger charge is 2.32. The van der Waals surface area contributed by atoms with Crippen molar-refractivity contribution in [2.75, 3.05) is 42.5 Å². The highest BCUT2D eigenvalue weighted by molar-refractivity contribution is 7.15. The fourth-order valence-corrected chi connectivity index (χ4v) is 5.72. The molecule has 1 aliphatic carbocycles. The smallest absolute Gasteiger partial charge is 0.230 e. The number of anilines is 2. The number of aryl methyl sites for hydroxylation is 1. The minimum absolute atomic E-state index is 0.0152. The van der Waals surface area contributed by atoms with E-state index in [1.54, 1.807) is 11.3 Å². The molecule has 0 bridgehead atoms. The van der Waals surface area contributed by atoms with Crippen molar-refractivity contribution in [3.63, 3.8) is 0 Å². The predicted molar refractivity (Wildman–Crippen MR) is 126 cm³/mol. The van der Waals surface area contributed by atoms with E-state index in [2.05, 4.69) is 4.90 Å². The second-order valence-corrected chi connectivity index (χ2v) is 9.75. The van der Waals surface area contributed by atoms with Crippen LogP contribution >= 0.6 is 11.3 Å². The Labute approximate surface area is 188 Å². The molecular formula is C24H32N4O2S. The van der Waals surface area contributed by atoms with Crippen molar-refractivity contribution < 1.29 is 9.59 Å². The molecule has 2 heterocycles. The summed E-state index contributed by atoms with van der Waals surface area (Å²) in [5.41, 5.74) is 2.13. The summed E-state index contributed by atoms with van der Waals surface area (Å²) in [6.45, 7) is 9.79. The maximum Gasteiger partial charge on any atom is 0.230 e. The van der Waals surface area contributed by atoms with Gasteiger partial charge < -0.3 is 14.7 Å². The minimum atomic E-state index is 0.0152. The molecule has 1 atom stereocenters. The largest absolute Gasteiger partial charge is 0.345 e. The number of carbonyl (C=O) groups excluding carboxylic acids is 2. The lowest BCUT2D eigenvalue weighted by molar-refractivity contribution is -0.134. The number of hydrogen-bond acceptors (Lipinski definition) is 5. The SMILES string of the molecule is CCN(C(=O)[C@@H]1CCc2nc(N3CCN(C(=O)C(C)C)CC3)sc2C1)c1ccccc1. The molecule has 1 aromatic heterocycles. The van der Waals surface area contributed by atoms with Crippen molar-refractivity contribution in [1.82, 2.24) is 9.88 Å². The van der Waals surface area contributed by atoms with Gasteiger partial charge in [-0.3, -0.25) is 9.59 Å². The molecule has 1 aliphatic heterocycles. The van der Waals surface area contributed by atoms with Crippen LogP contribution in [0.3, 0.4) is 0 Å². The average molecular weight is 441 g/mol. The summed E-state index contributed by atoms with van der Waals surface area (Å²) >= 11 is 1.73. The van der Waals surface area contributed by atoms with Gasteiger partial charge in [0, 0.05) is 55.1 Å². The first kappa shape index (κ1) is 21.8. The lowest BCUT2D eigenvalue weighted by Gasteiger charge is -2.35. The third-order valence-electron chi connectivity index (χ3n) is 6.28. The number of rotatable bonds is 5. The quantitative estimate of drug-likeness (QED) is 0.713. The van der Waals surface area contributed by atoms with Crippen LogP contribution < -0.4 is 9.80 Å². The van der Waals surface area contributed by atoms with Gasteiger partial charge >= 0.3 is 0 Å². The lowest BCUT2D eigenvalue weighted by atomic mass is 9.90. The van der Waals surface area contributed by atoms with Gasteiger partial charge in [-0.15, -0.1) is 11.3 Å². The van der Waals surface area contributed by atoms with Crippen LogP contribution in [-0.2, 0) is 22.4 Å². The van der Waals surface area contributed by atoms with E-state index in [0.29, 0.717) is 6.54 Å². The molecule has 31 heavy (non-hydrogen) atoms. The van der Waals surface area contributed by atoms with Crippen LogP contribution in [0.15, 0.2) is 30.3 Å². The maximum atomic E-state index is 13.3. The molecule has 0 radical (unpaired) electrons. The van der Waals surface area contributed by atoms with Crippen molar-refractivity contribution in [1.29, 1.82) is 0 Å². The number of nitrogens with zero attached hydrogens (tertiary/aromatic N) is 4. The van der Waals surface area contributed by atoms with Gasteiger partial charge in [-0.1, -0.05) is 32.0 Å². The van der Waals surface area contributed by atoms with Crippen molar-refractivity contribution in [2.45, 2.75) is 40.0 Å². The van der Waals surface area contributed by atoms with Crippen LogP contribution in [0.1, 0.15) is 37.8 Å². The van der Waals surface area contributed by atoms with Gasteiger partial charge in [0.2, 0.25) is 11.8 Å². The van der Waals surface area contributed by atoms with E-state index in [-0.39, 0.29) is 23.7 Å². The van der Waals surface area contributed by atoms with Crippen LogP contribution in [0.4, 0.5) is 10.8 Å². The molecule has 7 heteroatoms. The van der Waals surface area contributed by atoms with Gasteiger partial charge in [0.1, 0.15) is 0 Å². The Hall–Kier alpha value is -2.41. The number of para-hydroxylation sites is 1. The molecule has 0 spiro atoms. The van der Waals surface area contributed by atoms with Crippen LogP contribution in [0.2, 0.25) is 0 Å². The average Bonchev–Trinajstić information content (AvgIpc) is 3.23. The summed E-state index contributed by atoms with van der Waals surface area (Å²) in [7, 11) is 0. The van der Waals surface area contributed by atoms with Gasteiger partial charge in [-0.05, 0) is 38.3 Å². The van der Waals surface area contributed by atoms with E-state index in [0.717, 1.165) is 62.0 Å². The van der Waals surface area contributed by atoms with Gasteiger partial charge in [-0.2, -0.15) is 0 Å². The number of benzene rings is 1. The van der Waals surface area contributed by atoms with Crippen LogP contribution in [0.5, 0.6) is 0 Å². The Balaban J connectivity index is 1.41. The first-order valence-electron chi connectivity index (χ1n) is 11.4. The molecular weight excluding hydrogens is 408 g/mol. The van der Waals surface area contributed by atoms with Crippen molar-refractivity contribution in [3.8, 4) is 0 Å². The fraction of sp³-hybridized carbons (Fsp3) is 0.542. The van der Waals surface area contributed by atoms with E-state index in [1.807, 2.05) is 60.9 Å². The molecule has 1 aromatic carbocycles. The molecule has 2 amide bonds. The zero-order valence-corrected chi connectivity index (χ0v) is 19.5. The molecule has 2 aliphatic rings. The normalized spacial score (nSPS) is 18.8. The fourth-order valence-electron chi connectivity index (χ4n) is 4.48. The van der Waals surface area contributed by atoms with Crippen molar-refractivity contribution in [3.05, 3.63) is 40.9 Å². The van der Waals surface area contributed by atoms with E-state index in [9.17, 15) is 9.59 Å². The molecule has 1 saturated heterocycles. The molecule has 2 aromatic rings. The van der Waals surface area contributed by atoms with Crippen molar-refractivity contribution >= 4 is 34.0 Å². The van der Waals surface area contributed by atoms with Crippen molar-refractivity contribution in [2.24, 2.45) is 11.8 Å². The molecule has 1 fully saturated rings. The molecule has 6 nitrogen and oxygen atoms in total. The molecule has 4 rings (SSSR count). The molecule has 0 saturated carbocycles. The second-order valence-electron chi connectivity index (χ2n) is 8.69. The summed E-state index contributed by atoms with van der Waals surface area (Å²) in [4.78, 5) is 37.8. The summed E-state index contributed by atoms with van der Waals surface area (Å²) in [6, 6.07) is 9.95. The Morgan fingerprint density at radius 3 is 2.52 bits per heavy atom. The van der Waals surface area contributed by atoms with E-state index < -0.39 is 0 Å². The molecule has 166 valence electrons. The summed E-state index contributed by atoms with van der Waals surface area (Å²) in [5.74, 6) is 0.515. The Morgan fingerprint density at radius 2 is 1.87 bits per heavy atom. The second kappa shape index (κ2) is 9.39. The number of piperazine rings is 1. The van der Waals surface area contributed by atoms with E-state index in [1.165, 1.54) is 4.88 Å². The first-order chi connectivity index (χ1) is 15.0. The molecule has 0 unspecified atom stereocenters. The third-order valence-corrected chi connectivity index (χ3v) is 7.46. The number of carbonyl (C=O) groups is 2. The summed E-state index contributed by atoms with van der Waals surface area (Å²) in [5, 5.41) is 1.05. The summed E-state index contributed by atoms with van der Waals surface area (Å²) < 4.78 is 0. The van der Waals surface area contributed by atoms with E-state index >= 15 is 0 Å². The number of aromatic nitrogens is 1. The minimum Gasteiger partial charge on any atom is -0.345 e. The zero-order chi connectivity index (χ0) is 22.0. The number of amides is 2. The van der Waals surface area contributed by atoms with Gasteiger partial charge in [0.05, 0.1) is 5.69 Å².